The van der Waals surface area contributed by atoms with E-state index in [0.717, 1.165) is 29.2 Å². The van der Waals surface area contributed by atoms with E-state index in [2.05, 4.69) is 15.9 Å². The molecule has 1 saturated heterocycles. The van der Waals surface area contributed by atoms with E-state index >= 15 is 0 Å². The van der Waals surface area contributed by atoms with Gasteiger partial charge in [0.05, 0.1) is 11.3 Å². The Morgan fingerprint density at radius 3 is 2.30 bits per heavy atom. The van der Waals surface area contributed by atoms with E-state index in [9.17, 15) is 27.6 Å². The van der Waals surface area contributed by atoms with E-state index in [0.29, 0.717) is 4.47 Å². The van der Waals surface area contributed by atoms with Crippen LogP contribution < -0.4 is 10.2 Å². The zero-order chi connectivity index (χ0) is 19.8. The third-order valence-electron chi connectivity index (χ3n) is 3.71. The molecule has 27 heavy (non-hydrogen) atoms. The highest BCUT2D eigenvalue weighted by molar-refractivity contribution is 9.10. The molecule has 1 heterocycles. The number of rotatable bonds is 2. The Balaban J connectivity index is 2.01. The van der Waals surface area contributed by atoms with Gasteiger partial charge in [-0.2, -0.15) is 13.2 Å². The fourth-order valence-corrected chi connectivity index (χ4v) is 2.72. The molecule has 0 spiro atoms. The molecule has 0 atom stereocenters. The van der Waals surface area contributed by atoms with E-state index in [1.54, 1.807) is 12.1 Å². The van der Waals surface area contributed by atoms with Crippen LogP contribution in [0.2, 0.25) is 0 Å². The number of hydrogen-bond donors (Lipinski definition) is 1. The summed E-state index contributed by atoms with van der Waals surface area (Å²) < 4.78 is 39.2. The molecule has 4 amide bonds. The Kier molecular flexibility index (Phi) is 4.88. The number of anilines is 1. The third-order valence-corrected chi connectivity index (χ3v) is 4.24. The van der Waals surface area contributed by atoms with Crippen LogP contribution in [0, 0.1) is 0 Å². The summed E-state index contributed by atoms with van der Waals surface area (Å²) in [6, 6.07) is 9.41. The largest absolute Gasteiger partial charge is 0.416 e. The first-order chi connectivity index (χ1) is 12.7. The van der Waals surface area contributed by atoms with Crippen LogP contribution in [0.1, 0.15) is 11.1 Å². The predicted molar refractivity (Wildman–Crippen MR) is 94.6 cm³/mol. The second-order valence-corrected chi connectivity index (χ2v) is 6.47. The minimum absolute atomic E-state index is 0.00781. The SMILES string of the molecule is O=C1NC(=O)N(c2ccc(Br)cc2)C(=O)/C1=C\c1cccc(C(F)(F)F)c1. The first-order valence-corrected chi connectivity index (χ1v) is 8.30. The summed E-state index contributed by atoms with van der Waals surface area (Å²) in [6.07, 6.45) is -3.54. The Morgan fingerprint density at radius 1 is 1.00 bits per heavy atom. The number of hydrogen-bond acceptors (Lipinski definition) is 3. The quantitative estimate of drug-likeness (QED) is 0.566. The molecule has 9 heteroatoms. The number of carbonyl (C=O) groups is 3. The van der Waals surface area contributed by atoms with Crippen LogP contribution in [-0.2, 0) is 15.8 Å². The molecule has 1 aliphatic rings. The molecule has 0 bridgehead atoms. The summed E-state index contributed by atoms with van der Waals surface area (Å²) >= 11 is 3.23. The summed E-state index contributed by atoms with van der Waals surface area (Å²) in [5.41, 5.74) is -1.14. The van der Waals surface area contributed by atoms with Gasteiger partial charge >= 0.3 is 12.2 Å². The molecule has 0 unspecified atom stereocenters. The van der Waals surface area contributed by atoms with Gasteiger partial charge in [-0.05, 0) is 48.0 Å². The van der Waals surface area contributed by atoms with E-state index in [1.807, 2.05) is 5.32 Å². The van der Waals surface area contributed by atoms with E-state index < -0.39 is 35.2 Å². The van der Waals surface area contributed by atoms with Crippen LogP contribution in [0.25, 0.3) is 6.08 Å². The van der Waals surface area contributed by atoms with Crippen molar-refractivity contribution in [3.8, 4) is 0 Å². The Labute approximate surface area is 159 Å². The number of halogens is 4. The summed E-state index contributed by atoms with van der Waals surface area (Å²) in [6.45, 7) is 0. The van der Waals surface area contributed by atoms with Crippen LogP contribution in [0.5, 0.6) is 0 Å². The number of amides is 4. The van der Waals surface area contributed by atoms with Crippen molar-refractivity contribution in [2.75, 3.05) is 4.90 Å². The Bertz CT molecular complexity index is 969. The fourth-order valence-electron chi connectivity index (χ4n) is 2.45. The molecular formula is C18H10BrF3N2O3. The Morgan fingerprint density at radius 2 is 1.67 bits per heavy atom. The highest BCUT2D eigenvalue weighted by atomic mass is 79.9. The maximum absolute atomic E-state index is 12.8. The number of imide groups is 2. The lowest BCUT2D eigenvalue weighted by Crippen LogP contribution is -2.54. The average Bonchev–Trinajstić information content (AvgIpc) is 2.60. The number of nitrogens with one attached hydrogen (secondary N) is 1. The van der Waals surface area contributed by atoms with Crippen molar-refractivity contribution in [1.82, 2.24) is 5.32 Å². The number of nitrogens with zero attached hydrogens (tertiary/aromatic N) is 1. The van der Waals surface area contributed by atoms with Gasteiger partial charge in [0, 0.05) is 4.47 Å². The van der Waals surface area contributed by atoms with Crippen molar-refractivity contribution in [3.05, 3.63) is 69.7 Å². The van der Waals surface area contributed by atoms with E-state index in [-0.39, 0.29) is 11.3 Å². The van der Waals surface area contributed by atoms with Crippen LogP contribution in [0.3, 0.4) is 0 Å². The van der Waals surface area contributed by atoms with Crippen LogP contribution in [0.4, 0.5) is 23.7 Å². The van der Waals surface area contributed by atoms with Crippen LogP contribution in [-0.4, -0.2) is 17.8 Å². The molecule has 1 N–H and O–H groups in total. The fraction of sp³-hybridized carbons (Fsp3) is 0.0556. The smallest absolute Gasteiger partial charge is 0.273 e. The molecule has 0 saturated carbocycles. The zero-order valence-electron chi connectivity index (χ0n) is 13.4. The molecule has 5 nitrogen and oxygen atoms in total. The van der Waals surface area contributed by atoms with Gasteiger partial charge in [-0.15, -0.1) is 0 Å². The molecule has 1 fully saturated rings. The van der Waals surface area contributed by atoms with Crippen molar-refractivity contribution in [3.63, 3.8) is 0 Å². The highest BCUT2D eigenvalue weighted by Gasteiger charge is 2.37. The van der Waals surface area contributed by atoms with E-state index in [1.165, 1.54) is 18.2 Å². The number of alkyl halides is 3. The van der Waals surface area contributed by atoms with Gasteiger partial charge in [0.2, 0.25) is 0 Å². The van der Waals surface area contributed by atoms with Gasteiger partial charge in [-0.3, -0.25) is 14.9 Å². The first-order valence-electron chi connectivity index (χ1n) is 7.51. The molecule has 2 aromatic carbocycles. The number of urea groups is 1. The van der Waals surface area contributed by atoms with Crippen molar-refractivity contribution >= 4 is 45.5 Å². The molecule has 0 aromatic heterocycles. The topological polar surface area (TPSA) is 66.5 Å². The van der Waals surface area contributed by atoms with Gasteiger partial charge in [0.1, 0.15) is 5.57 Å². The monoisotopic (exact) mass is 438 g/mol. The van der Waals surface area contributed by atoms with Gasteiger partial charge in [-0.25, -0.2) is 9.69 Å². The number of benzene rings is 2. The lowest BCUT2D eigenvalue weighted by atomic mass is 10.0. The minimum Gasteiger partial charge on any atom is -0.273 e. The maximum Gasteiger partial charge on any atom is 0.416 e. The van der Waals surface area contributed by atoms with Gasteiger partial charge < -0.3 is 0 Å². The van der Waals surface area contributed by atoms with Crippen LogP contribution in [0.15, 0.2) is 58.6 Å². The van der Waals surface area contributed by atoms with Crippen molar-refractivity contribution < 1.29 is 27.6 Å². The molecule has 0 radical (unpaired) electrons. The summed E-state index contributed by atoms with van der Waals surface area (Å²) in [4.78, 5) is 37.5. The second kappa shape index (κ2) is 6.99. The van der Waals surface area contributed by atoms with Gasteiger partial charge in [0.25, 0.3) is 11.8 Å². The zero-order valence-corrected chi connectivity index (χ0v) is 15.0. The molecular weight excluding hydrogens is 429 g/mol. The lowest BCUT2D eigenvalue weighted by Gasteiger charge is -2.26. The highest BCUT2D eigenvalue weighted by Crippen LogP contribution is 2.30. The molecule has 2 aromatic rings. The lowest BCUT2D eigenvalue weighted by molar-refractivity contribution is -0.137. The predicted octanol–water partition coefficient (Wildman–Crippen LogP) is 4.13. The van der Waals surface area contributed by atoms with Crippen LogP contribution >= 0.6 is 15.9 Å². The molecule has 138 valence electrons. The minimum atomic E-state index is -4.56. The summed E-state index contributed by atoms with van der Waals surface area (Å²) in [7, 11) is 0. The molecule has 0 aliphatic carbocycles. The van der Waals surface area contributed by atoms with Crippen molar-refractivity contribution in [2.24, 2.45) is 0 Å². The standard InChI is InChI=1S/C18H10BrF3N2O3/c19-12-4-6-13(7-5-12)24-16(26)14(15(25)23-17(24)27)9-10-2-1-3-11(8-10)18(20,21)22/h1-9H,(H,23,25,27)/b14-9-. The van der Waals surface area contributed by atoms with Gasteiger partial charge in [0.15, 0.2) is 0 Å². The molecule has 3 rings (SSSR count). The number of carbonyl (C=O) groups excluding carboxylic acids is 3. The average molecular weight is 439 g/mol. The third kappa shape index (κ3) is 3.92. The summed E-state index contributed by atoms with van der Waals surface area (Å²) in [5.74, 6) is -1.90. The normalized spacial score (nSPS) is 16.7. The Hall–Kier alpha value is -2.94. The van der Waals surface area contributed by atoms with Crippen molar-refractivity contribution in [1.29, 1.82) is 0 Å². The second-order valence-electron chi connectivity index (χ2n) is 5.56. The van der Waals surface area contributed by atoms with E-state index in [4.69, 9.17) is 0 Å². The van der Waals surface area contributed by atoms with Crippen molar-refractivity contribution in [2.45, 2.75) is 6.18 Å². The number of barbiturate groups is 1. The first kappa shape index (κ1) is 18.8. The van der Waals surface area contributed by atoms with Gasteiger partial charge in [-0.1, -0.05) is 28.1 Å². The summed E-state index contributed by atoms with van der Waals surface area (Å²) in [5, 5.41) is 2.01. The maximum atomic E-state index is 12.8. The molecule has 1 aliphatic heterocycles.